The molecule has 0 spiro atoms. The highest BCUT2D eigenvalue weighted by Crippen LogP contribution is 2.33. The predicted octanol–water partition coefficient (Wildman–Crippen LogP) is 5.08. The fraction of sp³-hybridized carbons (Fsp3) is 0.259. The normalized spacial score (nSPS) is 16.4. The van der Waals surface area contributed by atoms with E-state index in [-0.39, 0.29) is 5.92 Å². The summed E-state index contributed by atoms with van der Waals surface area (Å²) in [4.78, 5) is 0. The molecule has 1 atom stereocenters. The molecule has 0 amide bonds. The van der Waals surface area contributed by atoms with Crippen molar-refractivity contribution in [1.29, 1.82) is 0 Å². The quantitative estimate of drug-likeness (QED) is 0.622. The maximum absolute atomic E-state index is 11.9. The van der Waals surface area contributed by atoms with Crippen LogP contribution < -0.4 is 5.32 Å². The number of aliphatic hydroxyl groups is 1. The van der Waals surface area contributed by atoms with Crippen LogP contribution in [0.15, 0.2) is 84.9 Å². The van der Waals surface area contributed by atoms with E-state index in [1.807, 2.05) is 6.07 Å². The van der Waals surface area contributed by atoms with E-state index < -0.39 is 5.60 Å². The Bertz CT molecular complexity index is 924. The summed E-state index contributed by atoms with van der Waals surface area (Å²) >= 11 is 0. The lowest BCUT2D eigenvalue weighted by Gasteiger charge is -2.33. The van der Waals surface area contributed by atoms with E-state index in [1.165, 1.54) is 27.8 Å². The minimum absolute atomic E-state index is 0.0420. The van der Waals surface area contributed by atoms with Crippen molar-refractivity contribution in [2.45, 2.75) is 32.3 Å². The zero-order valence-corrected chi connectivity index (χ0v) is 17.2. The van der Waals surface area contributed by atoms with Gasteiger partial charge in [-0.25, -0.2) is 0 Å². The van der Waals surface area contributed by atoms with E-state index in [0.717, 1.165) is 12.2 Å². The van der Waals surface area contributed by atoms with Gasteiger partial charge >= 0.3 is 0 Å². The average Bonchev–Trinajstić information content (AvgIpc) is 3.24. The van der Waals surface area contributed by atoms with Crippen molar-refractivity contribution >= 4 is 5.70 Å². The minimum Gasteiger partial charge on any atom is -0.389 e. The number of hydrogen-bond donors (Lipinski definition) is 2. The second-order valence-electron chi connectivity index (χ2n) is 8.36. The minimum atomic E-state index is -0.853. The van der Waals surface area contributed by atoms with Crippen LogP contribution in [0.25, 0.3) is 5.70 Å². The highest BCUT2D eigenvalue weighted by molar-refractivity contribution is 5.66. The molecule has 2 N–H and O–H groups in total. The lowest BCUT2D eigenvalue weighted by molar-refractivity contribution is 0.00385. The molecule has 0 fully saturated rings. The molecule has 4 rings (SSSR count). The van der Waals surface area contributed by atoms with Crippen molar-refractivity contribution in [3.8, 4) is 0 Å². The molecular weight excluding hydrogens is 354 g/mol. The summed E-state index contributed by atoms with van der Waals surface area (Å²) in [6.07, 6.45) is 3.48. The van der Waals surface area contributed by atoms with Crippen molar-refractivity contribution in [2.24, 2.45) is 5.92 Å². The molecule has 0 saturated carbocycles. The summed E-state index contributed by atoms with van der Waals surface area (Å²) in [7, 11) is 0. The van der Waals surface area contributed by atoms with Gasteiger partial charge < -0.3 is 10.4 Å². The van der Waals surface area contributed by atoms with Crippen molar-refractivity contribution in [1.82, 2.24) is 5.32 Å². The second-order valence-corrected chi connectivity index (χ2v) is 8.36. The molecule has 0 unspecified atom stereocenters. The summed E-state index contributed by atoms with van der Waals surface area (Å²) in [5, 5.41) is 15.5. The van der Waals surface area contributed by atoms with Crippen LogP contribution in [-0.2, 0) is 12.8 Å². The Balaban J connectivity index is 1.64. The molecule has 0 aromatic heterocycles. The fourth-order valence-electron chi connectivity index (χ4n) is 4.14. The van der Waals surface area contributed by atoms with E-state index in [1.54, 1.807) is 0 Å². The molecule has 1 aliphatic heterocycles. The molecule has 3 aromatic rings. The highest BCUT2D eigenvalue weighted by atomic mass is 16.3. The van der Waals surface area contributed by atoms with E-state index in [4.69, 9.17) is 0 Å². The molecular formula is C27H29NO. The molecule has 0 saturated heterocycles. The smallest absolute Gasteiger partial charge is 0.0808 e. The molecule has 0 aliphatic carbocycles. The molecule has 1 aliphatic rings. The summed E-state index contributed by atoms with van der Waals surface area (Å²) in [5.74, 6) is 0.0420. The summed E-state index contributed by atoms with van der Waals surface area (Å²) < 4.78 is 0. The maximum Gasteiger partial charge on any atom is 0.0808 e. The largest absolute Gasteiger partial charge is 0.389 e. The van der Waals surface area contributed by atoms with Gasteiger partial charge in [0, 0.05) is 31.0 Å². The van der Waals surface area contributed by atoms with Gasteiger partial charge in [-0.3, -0.25) is 0 Å². The van der Waals surface area contributed by atoms with Crippen LogP contribution in [0, 0.1) is 19.8 Å². The molecule has 1 heterocycles. The maximum atomic E-state index is 11.9. The number of benzene rings is 3. The molecule has 2 heteroatoms. The number of rotatable bonds is 6. The van der Waals surface area contributed by atoms with Gasteiger partial charge in [0.15, 0.2) is 0 Å². The third-order valence-corrected chi connectivity index (χ3v) is 5.92. The van der Waals surface area contributed by atoms with Crippen molar-refractivity contribution in [3.63, 3.8) is 0 Å². The average molecular weight is 384 g/mol. The lowest BCUT2D eigenvalue weighted by Crippen LogP contribution is -2.43. The monoisotopic (exact) mass is 383 g/mol. The molecule has 3 aromatic carbocycles. The van der Waals surface area contributed by atoms with Crippen LogP contribution in [0.4, 0.5) is 0 Å². The van der Waals surface area contributed by atoms with Gasteiger partial charge in [-0.15, -0.1) is 0 Å². The van der Waals surface area contributed by atoms with E-state index in [2.05, 4.69) is 98.0 Å². The van der Waals surface area contributed by atoms with Crippen molar-refractivity contribution in [2.75, 3.05) is 6.54 Å². The van der Waals surface area contributed by atoms with Crippen LogP contribution in [-0.4, -0.2) is 17.3 Å². The number of aryl methyl sites for hydroxylation is 2. The Kier molecular flexibility index (Phi) is 5.55. The Morgan fingerprint density at radius 1 is 0.793 bits per heavy atom. The first kappa shape index (κ1) is 19.5. The second kappa shape index (κ2) is 8.26. The first-order chi connectivity index (χ1) is 14.0. The van der Waals surface area contributed by atoms with Crippen LogP contribution in [0.1, 0.15) is 27.8 Å². The Morgan fingerprint density at radius 2 is 1.31 bits per heavy atom. The Hall–Kier alpha value is -2.84. The predicted molar refractivity (Wildman–Crippen MR) is 121 cm³/mol. The first-order valence-corrected chi connectivity index (χ1v) is 10.4. The van der Waals surface area contributed by atoms with Crippen molar-refractivity contribution < 1.29 is 5.11 Å². The van der Waals surface area contributed by atoms with E-state index >= 15 is 0 Å². The molecule has 148 valence electrons. The van der Waals surface area contributed by atoms with Gasteiger partial charge in [0.05, 0.1) is 5.60 Å². The SMILES string of the molecule is Cc1ccc(CC(O)(Cc2ccc(C)cc2)[C@@H]2C=C(c3ccccc3)NC2)cc1. The van der Waals surface area contributed by atoms with E-state index in [0.29, 0.717) is 12.8 Å². The first-order valence-electron chi connectivity index (χ1n) is 10.4. The Labute approximate surface area is 173 Å². The van der Waals surface area contributed by atoms with Gasteiger partial charge in [0.1, 0.15) is 0 Å². The van der Waals surface area contributed by atoms with Crippen LogP contribution in [0.3, 0.4) is 0 Å². The molecule has 0 radical (unpaired) electrons. The fourth-order valence-corrected chi connectivity index (χ4v) is 4.14. The molecule has 2 nitrogen and oxygen atoms in total. The lowest BCUT2D eigenvalue weighted by atomic mass is 9.78. The summed E-state index contributed by atoms with van der Waals surface area (Å²) in [6, 6.07) is 27.4. The standard InChI is InChI=1S/C27H29NO/c1-20-8-12-22(13-9-20)17-27(29,18-23-14-10-21(2)11-15-23)25-16-26(28-19-25)24-6-4-3-5-7-24/h3-16,25,28-29H,17-19H2,1-2H3/t25-/m1/s1. The van der Waals surface area contributed by atoms with Crippen molar-refractivity contribution in [3.05, 3.63) is 113 Å². The van der Waals surface area contributed by atoms with Gasteiger partial charge in [0.2, 0.25) is 0 Å². The summed E-state index contributed by atoms with van der Waals surface area (Å²) in [5.41, 5.74) is 6.26. The number of nitrogens with one attached hydrogen (secondary N) is 1. The topological polar surface area (TPSA) is 32.3 Å². The zero-order valence-electron chi connectivity index (χ0n) is 17.2. The van der Waals surface area contributed by atoms with Crippen LogP contribution in [0.5, 0.6) is 0 Å². The third-order valence-electron chi connectivity index (χ3n) is 5.92. The molecule has 0 bridgehead atoms. The van der Waals surface area contributed by atoms with Crippen LogP contribution in [0.2, 0.25) is 0 Å². The van der Waals surface area contributed by atoms with Gasteiger partial charge in [-0.2, -0.15) is 0 Å². The van der Waals surface area contributed by atoms with Gasteiger partial charge in [-0.05, 0) is 30.5 Å². The zero-order chi connectivity index (χ0) is 20.3. The number of hydrogen-bond acceptors (Lipinski definition) is 2. The summed E-state index contributed by atoms with van der Waals surface area (Å²) in [6.45, 7) is 4.94. The highest BCUT2D eigenvalue weighted by Gasteiger charge is 2.38. The van der Waals surface area contributed by atoms with Gasteiger partial charge in [-0.1, -0.05) is 96.1 Å². The Morgan fingerprint density at radius 3 is 1.83 bits per heavy atom. The van der Waals surface area contributed by atoms with Gasteiger partial charge in [0.25, 0.3) is 0 Å². The molecule has 29 heavy (non-hydrogen) atoms. The third kappa shape index (κ3) is 4.60. The van der Waals surface area contributed by atoms with E-state index in [9.17, 15) is 5.11 Å². The van der Waals surface area contributed by atoms with Crippen LogP contribution >= 0.6 is 0 Å².